The standard InChI is InChI=1S/C17H17BrN2O/c18-14-6-4-12-9-16(7-5-11(12)8-14)20-15-3-1-2-13(10-15)17(19)21/h1-4,6,8,10,16,20H,5,7,9H2,(H2,19,21). The Kier molecular flexibility index (Phi) is 3.97. The summed E-state index contributed by atoms with van der Waals surface area (Å²) in [5, 5.41) is 3.51. The molecule has 3 rings (SSSR count). The molecule has 1 amide bonds. The first-order valence-electron chi connectivity index (χ1n) is 7.05. The minimum absolute atomic E-state index is 0.391. The lowest BCUT2D eigenvalue weighted by atomic mass is 9.88. The summed E-state index contributed by atoms with van der Waals surface area (Å²) in [6, 6.07) is 14.3. The van der Waals surface area contributed by atoms with E-state index in [2.05, 4.69) is 39.4 Å². The molecule has 2 aromatic carbocycles. The van der Waals surface area contributed by atoms with Crippen molar-refractivity contribution in [3.63, 3.8) is 0 Å². The Labute approximate surface area is 132 Å². The number of hydrogen-bond acceptors (Lipinski definition) is 2. The maximum Gasteiger partial charge on any atom is 0.248 e. The third-order valence-electron chi connectivity index (χ3n) is 3.91. The number of benzene rings is 2. The van der Waals surface area contributed by atoms with E-state index in [4.69, 9.17) is 5.73 Å². The van der Waals surface area contributed by atoms with Crippen molar-refractivity contribution in [1.82, 2.24) is 0 Å². The van der Waals surface area contributed by atoms with Gasteiger partial charge in [-0.25, -0.2) is 0 Å². The fourth-order valence-electron chi connectivity index (χ4n) is 2.84. The van der Waals surface area contributed by atoms with Crippen LogP contribution in [0.3, 0.4) is 0 Å². The highest BCUT2D eigenvalue weighted by atomic mass is 79.9. The summed E-state index contributed by atoms with van der Waals surface area (Å²) in [6.07, 6.45) is 3.16. The zero-order valence-electron chi connectivity index (χ0n) is 11.6. The number of amides is 1. The lowest BCUT2D eigenvalue weighted by Gasteiger charge is -2.26. The predicted molar refractivity (Wildman–Crippen MR) is 88.5 cm³/mol. The molecule has 0 saturated carbocycles. The Balaban J connectivity index is 1.74. The first-order chi connectivity index (χ1) is 10.1. The number of anilines is 1. The van der Waals surface area contributed by atoms with Crippen LogP contribution in [0.2, 0.25) is 0 Å². The lowest BCUT2D eigenvalue weighted by molar-refractivity contribution is 0.100. The molecule has 0 bridgehead atoms. The van der Waals surface area contributed by atoms with E-state index in [1.807, 2.05) is 18.2 Å². The van der Waals surface area contributed by atoms with Crippen LogP contribution < -0.4 is 11.1 Å². The Morgan fingerprint density at radius 3 is 2.86 bits per heavy atom. The Morgan fingerprint density at radius 1 is 1.19 bits per heavy atom. The van der Waals surface area contributed by atoms with E-state index in [-0.39, 0.29) is 0 Å². The number of carbonyl (C=O) groups is 1. The van der Waals surface area contributed by atoms with Crippen molar-refractivity contribution >= 4 is 27.5 Å². The molecule has 21 heavy (non-hydrogen) atoms. The van der Waals surface area contributed by atoms with Gasteiger partial charge in [-0.2, -0.15) is 0 Å². The Bertz CT molecular complexity index is 684. The van der Waals surface area contributed by atoms with E-state index in [9.17, 15) is 4.79 Å². The minimum atomic E-state index is -0.391. The summed E-state index contributed by atoms with van der Waals surface area (Å²) in [6.45, 7) is 0. The number of carbonyl (C=O) groups excluding carboxylic acids is 1. The van der Waals surface area contributed by atoms with E-state index in [1.54, 1.807) is 6.07 Å². The van der Waals surface area contributed by atoms with Crippen molar-refractivity contribution in [3.8, 4) is 0 Å². The topological polar surface area (TPSA) is 55.1 Å². The van der Waals surface area contributed by atoms with Crippen molar-refractivity contribution < 1.29 is 4.79 Å². The van der Waals surface area contributed by atoms with Gasteiger partial charge in [0.15, 0.2) is 0 Å². The maximum absolute atomic E-state index is 11.2. The smallest absolute Gasteiger partial charge is 0.248 e. The third kappa shape index (κ3) is 3.27. The molecular formula is C17H17BrN2O. The molecule has 0 fully saturated rings. The van der Waals surface area contributed by atoms with Crippen LogP contribution in [-0.2, 0) is 12.8 Å². The molecule has 108 valence electrons. The summed E-state index contributed by atoms with van der Waals surface area (Å²) >= 11 is 3.52. The number of nitrogens with two attached hydrogens (primary N) is 1. The van der Waals surface area contributed by atoms with Gasteiger partial charge in [-0.05, 0) is 60.7 Å². The maximum atomic E-state index is 11.2. The fourth-order valence-corrected chi connectivity index (χ4v) is 3.25. The van der Waals surface area contributed by atoms with Crippen LogP contribution in [0.5, 0.6) is 0 Å². The molecule has 0 radical (unpaired) electrons. The van der Waals surface area contributed by atoms with Crippen molar-refractivity contribution in [3.05, 3.63) is 63.6 Å². The number of halogens is 1. The van der Waals surface area contributed by atoms with Crippen LogP contribution in [0, 0.1) is 0 Å². The van der Waals surface area contributed by atoms with Crippen molar-refractivity contribution in [2.45, 2.75) is 25.3 Å². The molecule has 1 unspecified atom stereocenters. The molecule has 0 spiro atoms. The van der Waals surface area contributed by atoms with E-state index in [1.165, 1.54) is 11.1 Å². The van der Waals surface area contributed by atoms with Crippen LogP contribution in [-0.4, -0.2) is 11.9 Å². The number of primary amides is 1. The Hall–Kier alpha value is -1.81. The van der Waals surface area contributed by atoms with Gasteiger partial charge in [0.25, 0.3) is 0 Å². The summed E-state index contributed by atoms with van der Waals surface area (Å²) in [4.78, 5) is 11.2. The number of nitrogens with one attached hydrogen (secondary N) is 1. The van der Waals surface area contributed by atoms with Gasteiger partial charge < -0.3 is 11.1 Å². The van der Waals surface area contributed by atoms with E-state index in [0.717, 1.165) is 29.4 Å². The molecule has 3 nitrogen and oxygen atoms in total. The summed E-state index contributed by atoms with van der Waals surface area (Å²) < 4.78 is 1.14. The van der Waals surface area contributed by atoms with Gasteiger partial charge in [-0.1, -0.05) is 28.1 Å². The van der Waals surface area contributed by atoms with Crippen molar-refractivity contribution in [2.75, 3.05) is 5.32 Å². The molecule has 1 atom stereocenters. The van der Waals surface area contributed by atoms with E-state index < -0.39 is 5.91 Å². The van der Waals surface area contributed by atoms with Crippen LogP contribution in [0.1, 0.15) is 27.9 Å². The second-order valence-corrected chi connectivity index (χ2v) is 6.36. The van der Waals surface area contributed by atoms with Gasteiger partial charge >= 0.3 is 0 Å². The zero-order chi connectivity index (χ0) is 14.8. The quantitative estimate of drug-likeness (QED) is 0.894. The predicted octanol–water partition coefficient (Wildman–Crippen LogP) is 3.52. The Morgan fingerprint density at radius 2 is 2.05 bits per heavy atom. The number of rotatable bonds is 3. The second-order valence-electron chi connectivity index (χ2n) is 5.44. The van der Waals surface area contributed by atoms with E-state index in [0.29, 0.717) is 11.6 Å². The highest BCUT2D eigenvalue weighted by molar-refractivity contribution is 9.10. The molecule has 2 aromatic rings. The SMILES string of the molecule is NC(=O)c1cccc(NC2CCc3cc(Br)ccc3C2)c1. The van der Waals surface area contributed by atoms with Crippen LogP contribution in [0.15, 0.2) is 46.9 Å². The van der Waals surface area contributed by atoms with Gasteiger partial charge in [0.05, 0.1) is 0 Å². The van der Waals surface area contributed by atoms with Gasteiger partial charge in [0.1, 0.15) is 0 Å². The number of hydrogen-bond donors (Lipinski definition) is 2. The highest BCUT2D eigenvalue weighted by Crippen LogP contribution is 2.26. The molecule has 0 heterocycles. The normalized spacial score (nSPS) is 17.1. The van der Waals surface area contributed by atoms with Crippen LogP contribution in [0.25, 0.3) is 0 Å². The lowest BCUT2D eigenvalue weighted by Crippen LogP contribution is -2.27. The molecule has 0 aromatic heterocycles. The minimum Gasteiger partial charge on any atom is -0.382 e. The van der Waals surface area contributed by atoms with Gasteiger partial charge in [-0.3, -0.25) is 4.79 Å². The summed E-state index contributed by atoms with van der Waals surface area (Å²) in [5.74, 6) is -0.391. The van der Waals surface area contributed by atoms with Gasteiger partial charge in [0, 0.05) is 21.8 Å². The molecular weight excluding hydrogens is 328 g/mol. The largest absolute Gasteiger partial charge is 0.382 e. The molecule has 4 heteroatoms. The van der Waals surface area contributed by atoms with Crippen LogP contribution >= 0.6 is 15.9 Å². The molecule has 1 aliphatic rings. The first kappa shape index (κ1) is 14.1. The molecule has 1 aliphatic carbocycles. The van der Waals surface area contributed by atoms with Crippen LogP contribution in [0.4, 0.5) is 5.69 Å². The summed E-state index contributed by atoms with van der Waals surface area (Å²) in [7, 11) is 0. The third-order valence-corrected chi connectivity index (χ3v) is 4.41. The molecule has 3 N–H and O–H groups in total. The summed E-state index contributed by atoms with van der Waals surface area (Å²) in [5.41, 5.74) is 9.64. The molecule has 0 saturated heterocycles. The molecule has 0 aliphatic heterocycles. The highest BCUT2D eigenvalue weighted by Gasteiger charge is 2.18. The fraction of sp³-hybridized carbons (Fsp3) is 0.235. The second kappa shape index (κ2) is 5.90. The van der Waals surface area contributed by atoms with Crippen molar-refractivity contribution in [1.29, 1.82) is 0 Å². The van der Waals surface area contributed by atoms with Gasteiger partial charge in [-0.15, -0.1) is 0 Å². The first-order valence-corrected chi connectivity index (χ1v) is 7.85. The number of fused-ring (bicyclic) bond motifs is 1. The monoisotopic (exact) mass is 344 g/mol. The average Bonchev–Trinajstić information content (AvgIpc) is 2.48. The van der Waals surface area contributed by atoms with E-state index >= 15 is 0 Å². The zero-order valence-corrected chi connectivity index (χ0v) is 13.2. The van der Waals surface area contributed by atoms with Crippen molar-refractivity contribution in [2.24, 2.45) is 5.73 Å². The van der Waals surface area contributed by atoms with Gasteiger partial charge in [0.2, 0.25) is 5.91 Å². The average molecular weight is 345 g/mol. The number of aryl methyl sites for hydroxylation is 1.